The van der Waals surface area contributed by atoms with Crippen LogP contribution in [0.4, 0.5) is 0 Å². The second-order valence-electron chi connectivity index (χ2n) is 3.36. The molecule has 0 N–H and O–H groups in total. The van der Waals surface area contributed by atoms with E-state index >= 15 is 0 Å². The summed E-state index contributed by atoms with van der Waals surface area (Å²) in [6.07, 6.45) is 7.49. The first kappa shape index (κ1) is 14.2. The molecule has 1 heterocycles. The molecule has 0 unspecified atom stereocenters. The van der Waals surface area contributed by atoms with Crippen molar-refractivity contribution in [2.24, 2.45) is 0 Å². The molecule has 0 aromatic rings. The quantitative estimate of drug-likeness (QED) is 0.622. The number of nitrogens with zero attached hydrogens (tertiary/aromatic N) is 1. The summed E-state index contributed by atoms with van der Waals surface area (Å²) < 4.78 is 22.3. The average Bonchev–Trinajstić information content (AvgIpc) is 2.31. The molecule has 6 heteroatoms. The lowest BCUT2D eigenvalue weighted by Crippen LogP contribution is -2.53. The van der Waals surface area contributed by atoms with Crippen molar-refractivity contribution in [3.63, 3.8) is 0 Å². The fraction of sp³-hybridized carbons (Fsp3) is 0.636. The van der Waals surface area contributed by atoms with Gasteiger partial charge >= 0.3 is 8.80 Å². The third-order valence-corrected chi connectivity index (χ3v) is 5.07. The van der Waals surface area contributed by atoms with Crippen LogP contribution in [0.3, 0.4) is 0 Å². The van der Waals surface area contributed by atoms with Gasteiger partial charge < -0.3 is 22.9 Å². The van der Waals surface area contributed by atoms with E-state index in [1.54, 1.807) is 12.5 Å². The third-order valence-electron chi connectivity index (χ3n) is 2.13. The van der Waals surface area contributed by atoms with Crippen molar-refractivity contribution in [1.29, 1.82) is 0 Å². The van der Waals surface area contributed by atoms with Gasteiger partial charge in [0, 0.05) is 32.2 Å². The Morgan fingerprint density at radius 3 is 1.82 bits per heavy atom. The van der Waals surface area contributed by atoms with E-state index in [2.05, 4.69) is 0 Å². The Kier molecular flexibility index (Phi) is 6.28. The Morgan fingerprint density at radius 2 is 1.41 bits per heavy atom. The van der Waals surface area contributed by atoms with Gasteiger partial charge in [-0.1, -0.05) is 0 Å². The maximum Gasteiger partial charge on any atom is 0.521 e. The van der Waals surface area contributed by atoms with E-state index in [1.165, 1.54) is 0 Å². The molecule has 0 atom stereocenters. The van der Waals surface area contributed by atoms with Crippen molar-refractivity contribution in [2.45, 2.75) is 20.8 Å². The summed E-state index contributed by atoms with van der Waals surface area (Å²) in [5.74, 6) is 0. The zero-order chi connectivity index (χ0) is 12.6. The highest BCUT2D eigenvalue weighted by Crippen LogP contribution is 2.14. The van der Waals surface area contributed by atoms with Crippen LogP contribution in [-0.2, 0) is 18.0 Å². The van der Waals surface area contributed by atoms with Crippen LogP contribution in [0, 0.1) is 0 Å². The SMILES string of the molecule is CCO[Si](CN1C=COC=C1)(OCC)OCC. The number of rotatable bonds is 8. The van der Waals surface area contributed by atoms with Gasteiger partial charge in [-0.15, -0.1) is 0 Å². The van der Waals surface area contributed by atoms with Crippen LogP contribution in [0.15, 0.2) is 24.9 Å². The van der Waals surface area contributed by atoms with E-state index in [9.17, 15) is 0 Å². The van der Waals surface area contributed by atoms with E-state index in [1.807, 2.05) is 38.1 Å². The lowest BCUT2D eigenvalue weighted by molar-refractivity contribution is 0.0642. The van der Waals surface area contributed by atoms with Crippen molar-refractivity contribution in [2.75, 3.05) is 26.0 Å². The summed E-state index contributed by atoms with van der Waals surface area (Å²) in [4.78, 5) is 1.96. The molecule has 0 radical (unpaired) electrons. The summed E-state index contributed by atoms with van der Waals surface area (Å²) in [5, 5.41) is 0. The smallest absolute Gasteiger partial charge is 0.470 e. The van der Waals surface area contributed by atoms with Crippen LogP contribution in [0.5, 0.6) is 0 Å². The molecule has 17 heavy (non-hydrogen) atoms. The van der Waals surface area contributed by atoms with Crippen LogP contribution >= 0.6 is 0 Å². The van der Waals surface area contributed by atoms with Crippen molar-refractivity contribution >= 4 is 8.80 Å². The van der Waals surface area contributed by atoms with Crippen LogP contribution in [0.25, 0.3) is 0 Å². The zero-order valence-electron chi connectivity index (χ0n) is 10.7. The molecular formula is C11H21NO4Si. The van der Waals surface area contributed by atoms with Crippen molar-refractivity contribution in [3.05, 3.63) is 24.9 Å². The minimum atomic E-state index is -2.62. The largest absolute Gasteiger partial charge is 0.521 e. The lowest BCUT2D eigenvalue weighted by atomic mass is 10.7. The first-order valence-corrected chi connectivity index (χ1v) is 7.86. The topological polar surface area (TPSA) is 40.2 Å². The molecule has 1 rings (SSSR count). The van der Waals surface area contributed by atoms with Gasteiger partial charge in [0.15, 0.2) is 0 Å². The van der Waals surface area contributed by atoms with Crippen molar-refractivity contribution in [1.82, 2.24) is 4.90 Å². The van der Waals surface area contributed by atoms with Crippen LogP contribution in [-0.4, -0.2) is 39.7 Å². The Hall–Kier alpha value is -0.823. The van der Waals surface area contributed by atoms with Gasteiger partial charge in [-0.05, 0) is 20.8 Å². The molecular weight excluding hydrogens is 238 g/mol. The molecule has 0 bridgehead atoms. The van der Waals surface area contributed by atoms with Crippen LogP contribution < -0.4 is 0 Å². The molecule has 0 amide bonds. The van der Waals surface area contributed by atoms with Gasteiger partial charge in [-0.25, -0.2) is 0 Å². The molecule has 0 fully saturated rings. The maximum atomic E-state index is 5.76. The number of hydrogen-bond acceptors (Lipinski definition) is 5. The summed E-state index contributed by atoms with van der Waals surface area (Å²) in [6, 6.07) is 0. The van der Waals surface area contributed by atoms with E-state index in [-0.39, 0.29) is 0 Å². The molecule has 5 nitrogen and oxygen atoms in total. The van der Waals surface area contributed by atoms with Crippen molar-refractivity contribution in [3.8, 4) is 0 Å². The molecule has 0 saturated heterocycles. The molecule has 0 aromatic heterocycles. The monoisotopic (exact) mass is 259 g/mol. The summed E-state index contributed by atoms with van der Waals surface area (Å²) in [7, 11) is -2.62. The van der Waals surface area contributed by atoms with Gasteiger partial charge in [0.2, 0.25) is 0 Å². The normalized spacial score (nSPS) is 15.1. The Labute approximate surface area is 104 Å². The van der Waals surface area contributed by atoms with Gasteiger partial charge in [0.05, 0.1) is 6.17 Å². The molecule has 0 spiro atoms. The molecule has 0 aliphatic carbocycles. The predicted molar refractivity (Wildman–Crippen MR) is 66.7 cm³/mol. The van der Waals surface area contributed by atoms with E-state index in [0.717, 1.165) is 0 Å². The standard InChI is InChI=1S/C11H21NO4Si/c1-4-14-17(15-5-2,16-6-3)11-12-7-9-13-10-8-12/h7-10H,4-6,11H2,1-3H3. The summed E-state index contributed by atoms with van der Waals surface area (Å²) in [5.41, 5.74) is 0. The minimum Gasteiger partial charge on any atom is -0.470 e. The molecule has 98 valence electrons. The number of ether oxygens (including phenoxy) is 1. The summed E-state index contributed by atoms with van der Waals surface area (Å²) >= 11 is 0. The van der Waals surface area contributed by atoms with Gasteiger partial charge in [-0.3, -0.25) is 0 Å². The highest BCUT2D eigenvalue weighted by molar-refractivity contribution is 6.61. The maximum absolute atomic E-state index is 5.76. The predicted octanol–water partition coefficient (Wildman–Crippen LogP) is 1.85. The van der Waals surface area contributed by atoms with E-state index < -0.39 is 8.80 Å². The highest BCUT2D eigenvalue weighted by atomic mass is 28.4. The molecule has 1 aliphatic heterocycles. The minimum absolute atomic E-state index is 0.587. The first-order chi connectivity index (χ1) is 8.26. The summed E-state index contributed by atoms with van der Waals surface area (Å²) in [6.45, 7) is 7.61. The van der Waals surface area contributed by atoms with Crippen LogP contribution in [0.2, 0.25) is 0 Å². The average molecular weight is 259 g/mol. The molecule has 0 aromatic carbocycles. The highest BCUT2D eigenvalue weighted by Gasteiger charge is 2.42. The molecule has 0 saturated carbocycles. The van der Waals surface area contributed by atoms with E-state index in [0.29, 0.717) is 26.0 Å². The second kappa shape index (κ2) is 7.49. The fourth-order valence-electron chi connectivity index (χ4n) is 1.57. The van der Waals surface area contributed by atoms with Crippen LogP contribution in [0.1, 0.15) is 20.8 Å². The third kappa shape index (κ3) is 4.51. The Bertz CT molecular complexity index is 241. The number of hydrogen-bond donors (Lipinski definition) is 0. The zero-order valence-corrected chi connectivity index (χ0v) is 11.7. The van der Waals surface area contributed by atoms with Gasteiger partial charge in [-0.2, -0.15) is 0 Å². The van der Waals surface area contributed by atoms with Gasteiger partial charge in [0.25, 0.3) is 0 Å². The fourth-order valence-corrected chi connectivity index (χ4v) is 4.07. The lowest BCUT2D eigenvalue weighted by Gasteiger charge is -2.32. The van der Waals surface area contributed by atoms with E-state index in [4.69, 9.17) is 18.0 Å². The van der Waals surface area contributed by atoms with Gasteiger partial charge in [0.1, 0.15) is 12.5 Å². The Morgan fingerprint density at radius 1 is 0.941 bits per heavy atom. The molecule has 1 aliphatic rings. The Balaban J connectivity index is 2.68. The van der Waals surface area contributed by atoms with Crippen molar-refractivity contribution < 1.29 is 18.0 Å². The first-order valence-electron chi connectivity index (χ1n) is 5.92. The second-order valence-corrected chi connectivity index (χ2v) is 5.91.